The quantitative estimate of drug-likeness (QED) is 0.570. The predicted octanol–water partition coefficient (Wildman–Crippen LogP) is 0.937. The van der Waals surface area contributed by atoms with Crippen LogP contribution in [0.25, 0.3) is 0 Å². The van der Waals surface area contributed by atoms with Crippen LogP contribution in [-0.4, -0.2) is 36.3 Å². The van der Waals surface area contributed by atoms with Crippen molar-refractivity contribution >= 4 is 11.8 Å². The minimum Gasteiger partial charge on any atom is -0.352 e. The van der Waals surface area contributed by atoms with E-state index in [1.165, 1.54) is 6.42 Å². The average Bonchev–Trinajstić information content (AvgIpc) is 2.26. The van der Waals surface area contributed by atoms with Gasteiger partial charge in [0.15, 0.2) is 0 Å². The molecule has 0 aliphatic carbocycles. The van der Waals surface area contributed by atoms with Crippen LogP contribution in [0.5, 0.6) is 0 Å². The summed E-state index contributed by atoms with van der Waals surface area (Å²) in [7, 11) is 0. The van der Waals surface area contributed by atoms with Gasteiger partial charge in [0.2, 0.25) is 11.8 Å². The van der Waals surface area contributed by atoms with Gasteiger partial charge in [-0.3, -0.25) is 9.59 Å². The molecule has 0 saturated carbocycles. The minimum absolute atomic E-state index is 0.0411. The molecule has 0 aromatic rings. The third-order valence-electron chi connectivity index (χ3n) is 2.77. The molecule has 16 heavy (non-hydrogen) atoms. The van der Waals surface area contributed by atoms with Crippen molar-refractivity contribution in [2.45, 2.75) is 26.2 Å². The average molecular weight is 224 g/mol. The number of amides is 2. The van der Waals surface area contributed by atoms with Crippen LogP contribution in [0.2, 0.25) is 0 Å². The van der Waals surface area contributed by atoms with Crippen molar-refractivity contribution in [1.29, 1.82) is 0 Å². The molecule has 1 saturated heterocycles. The summed E-state index contributed by atoms with van der Waals surface area (Å²) >= 11 is 0. The molecule has 1 fully saturated rings. The standard InChI is InChI=1S/C12H20N2O2/c1-3-6-13-11(15)8-12(16)14-7-4-5-10(2)9-14/h3,10H,1,4-9H2,2H3,(H,13,15). The van der Waals surface area contributed by atoms with Gasteiger partial charge in [0.05, 0.1) is 0 Å². The summed E-state index contributed by atoms with van der Waals surface area (Å²) in [6.07, 6.45) is 3.78. The second kappa shape index (κ2) is 6.30. The largest absolute Gasteiger partial charge is 0.352 e. The Bertz CT molecular complexity index is 276. The fraction of sp³-hybridized carbons (Fsp3) is 0.667. The van der Waals surface area contributed by atoms with Crippen molar-refractivity contribution in [3.8, 4) is 0 Å². The summed E-state index contributed by atoms with van der Waals surface area (Å²) in [4.78, 5) is 24.9. The highest BCUT2D eigenvalue weighted by atomic mass is 16.2. The number of carbonyl (C=O) groups excluding carboxylic acids is 2. The van der Waals surface area contributed by atoms with E-state index in [1.54, 1.807) is 11.0 Å². The maximum atomic E-state index is 11.8. The summed E-state index contributed by atoms with van der Waals surface area (Å²) in [6.45, 7) is 7.63. The van der Waals surface area contributed by atoms with E-state index in [1.807, 2.05) is 0 Å². The van der Waals surface area contributed by atoms with Crippen molar-refractivity contribution in [3.05, 3.63) is 12.7 Å². The maximum Gasteiger partial charge on any atom is 0.232 e. The lowest BCUT2D eigenvalue weighted by Crippen LogP contribution is -2.41. The van der Waals surface area contributed by atoms with Gasteiger partial charge in [-0.05, 0) is 18.8 Å². The predicted molar refractivity (Wildman–Crippen MR) is 62.8 cm³/mol. The molecule has 0 aromatic heterocycles. The van der Waals surface area contributed by atoms with Crippen LogP contribution in [0.15, 0.2) is 12.7 Å². The van der Waals surface area contributed by atoms with Crippen molar-refractivity contribution < 1.29 is 9.59 Å². The van der Waals surface area contributed by atoms with Gasteiger partial charge in [0.1, 0.15) is 6.42 Å². The van der Waals surface area contributed by atoms with E-state index in [0.717, 1.165) is 19.5 Å². The van der Waals surface area contributed by atoms with Gasteiger partial charge in [-0.1, -0.05) is 13.0 Å². The van der Waals surface area contributed by atoms with Gasteiger partial charge in [0, 0.05) is 19.6 Å². The van der Waals surface area contributed by atoms with Crippen LogP contribution in [0.4, 0.5) is 0 Å². The van der Waals surface area contributed by atoms with E-state index < -0.39 is 0 Å². The monoisotopic (exact) mass is 224 g/mol. The smallest absolute Gasteiger partial charge is 0.232 e. The van der Waals surface area contributed by atoms with E-state index in [9.17, 15) is 9.59 Å². The zero-order valence-electron chi connectivity index (χ0n) is 9.87. The maximum absolute atomic E-state index is 11.8. The lowest BCUT2D eigenvalue weighted by Gasteiger charge is -2.30. The molecule has 4 nitrogen and oxygen atoms in total. The number of hydrogen-bond acceptors (Lipinski definition) is 2. The number of nitrogens with one attached hydrogen (secondary N) is 1. The second-order valence-corrected chi connectivity index (χ2v) is 4.36. The Hall–Kier alpha value is -1.32. The van der Waals surface area contributed by atoms with E-state index >= 15 is 0 Å². The molecule has 1 rings (SSSR count). The van der Waals surface area contributed by atoms with Crippen molar-refractivity contribution in [2.75, 3.05) is 19.6 Å². The molecule has 0 bridgehead atoms. The first-order valence-corrected chi connectivity index (χ1v) is 5.79. The summed E-state index contributed by atoms with van der Waals surface area (Å²) in [5.41, 5.74) is 0. The number of hydrogen-bond donors (Lipinski definition) is 1. The Balaban J connectivity index is 2.33. The third-order valence-corrected chi connectivity index (χ3v) is 2.77. The first-order chi connectivity index (χ1) is 7.63. The summed E-state index contributed by atoms with van der Waals surface area (Å²) in [5, 5.41) is 2.61. The van der Waals surface area contributed by atoms with Crippen LogP contribution >= 0.6 is 0 Å². The number of likely N-dealkylation sites (tertiary alicyclic amines) is 1. The molecule has 1 aliphatic heterocycles. The zero-order valence-corrected chi connectivity index (χ0v) is 9.87. The molecule has 4 heteroatoms. The number of piperidine rings is 1. The minimum atomic E-state index is -0.219. The van der Waals surface area contributed by atoms with Crippen molar-refractivity contribution in [2.24, 2.45) is 5.92 Å². The highest BCUT2D eigenvalue weighted by Crippen LogP contribution is 2.15. The molecule has 1 unspecified atom stereocenters. The third kappa shape index (κ3) is 4.04. The van der Waals surface area contributed by atoms with Gasteiger partial charge in [-0.2, -0.15) is 0 Å². The molecule has 1 aliphatic rings. The van der Waals surface area contributed by atoms with Crippen molar-refractivity contribution in [3.63, 3.8) is 0 Å². The van der Waals surface area contributed by atoms with Gasteiger partial charge in [0.25, 0.3) is 0 Å². The van der Waals surface area contributed by atoms with Crippen LogP contribution in [0, 0.1) is 5.92 Å². The van der Waals surface area contributed by atoms with Crippen LogP contribution in [0.3, 0.4) is 0 Å². The lowest BCUT2D eigenvalue weighted by atomic mass is 10.00. The normalized spacial score (nSPS) is 20.3. The molecule has 1 heterocycles. The van der Waals surface area contributed by atoms with Crippen molar-refractivity contribution in [1.82, 2.24) is 10.2 Å². The summed E-state index contributed by atoms with van der Waals surface area (Å²) in [6, 6.07) is 0. The molecule has 0 radical (unpaired) electrons. The van der Waals surface area contributed by atoms with Crippen LogP contribution in [-0.2, 0) is 9.59 Å². The Morgan fingerprint density at radius 1 is 1.56 bits per heavy atom. The van der Waals surface area contributed by atoms with E-state index in [0.29, 0.717) is 12.5 Å². The molecular weight excluding hydrogens is 204 g/mol. The molecule has 1 N–H and O–H groups in total. The van der Waals surface area contributed by atoms with Crippen LogP contribution < -0.4 is 5.32 Å². The highest BCUT2D eigenvalue weighted by molar-refractivity contribution is 5.96. The molecule has 90 valence electrons. The van der Waals surface area contributed by atoms with Crippen LogP contribution in [0.1, 0.15) is 26.2 Å². The molecule has 0 aromatic carbocycles. The van der Waals surface area contributed by atoms with E-state index in [-0.39, 0.29) is 18.2 Å². The number of nitrogens with zero attached hydrogens (tertiary/aromatic N) is 1. The number of rotatable bonds is 4. The summed E-state index contributed by atoms with van der Waals surface area (Å²) in [5.74, 6) is 0.269. The Kier molecular flexibility index (Phi) is 5.02. The van der Waals surface area contributed by atoms with E-state index in [2.05, 4.69) is 18.8 Å². The fourth-order valence-electron chi connectivity index (χ4n) is 1.91. The molecule has 0 spiro atoms. The van der Waals surface area contributed by atoms with E-state index in [4.69, 9.17) is 0 Å². The SMILES string of the molecule is C=CCNC(=O)CC(=O)N1CCCC(C)C1. The topological polar surface area (TPSA) is 49.4 Å². The Morgan fingerprint density at radius 3 is 2.94 bits per heavy atom. The first-order valence-electron chi connectivity index (χ1n) is 5.79. The molecule has 1 atom stereocenters. The second-order valence-electron chi connectivity index (χ2n) is 4.36. The van der Waals surface area contributed by atoms with Gasteiger partial charge in [-0.25, -0.2) is 0 Å². The van der Waals surface area contributed by atoms with Gasteiger partial charge in [-0.15, -0.1) is 6.58 Å². The Morgan fingerprint density at radius 2 is 2.31 bits per heavy atom. The first kappa shape index (κ1) is 12.7. The summed E-state index contributed by atoms with van der Waals surface area (Å²) < 4.78 is 0. The van der Waals surface area contributed by atoms with Gasteiger partial charge >= 0.3 is 0 Å². The van der Waals surface area contributed by atoms with Gasteiger partial charge < -0.3 is 10.2 Å². The Labute approximate surface area is 96.7 Å². The fourth-order valence-corrected chi connectivity index (χ4v) is 1.91. The molecular formula is C12H20N2O2. The number of carbonyl (C=O) groups is 2. The highest BCUT2D eigenvalue weighted by Gasteiger charge is 2.22. The lowest BCUT2D eigenvalue weighted by molar-refractivity contribution is -0.137. The zero-order chi connectivity index (χ0) is 12.0. The molecule has 2 amide bonds.